The number of carbonyl (C=O) groups is 3. The van der Waals surface area contributed by atoms with E-state index in [9.17, 15) is 14.4 Å². The Hall–Kier alpha value is -2.41. The van der Waals surface area contributed by atoms with Gasteiger partial charge in [-0.15, -0.1) is 0 Å². The number of benzene rings is 1. The molecular formula is C18H22N4O3. The van der Waals surface area contributed by atoms with Crippen LogP contribution in [0.3, 0.4) is 0 Å². The first-order valence-electron chi connectivity index (χ1n) is 8.87. The smallest absolute Gasteiger partial charge is 0.255 e. The Kier molecular flexibility index (Phi) is 4.17. The molecule has 4 rings (SSSR count). The van der Waals surface area contributed by atoms with Gasteiger partial charge in [0.2, 0.25) is 11.8 Å². The summed E-state index contributed by atoms with van der Waals surface area (Å²) in [5.74, 6) is -0.738. The number of nitrogens with zero attached hydrogens (tertiary/aromatic N) is 2. The lowest BCUT2D eigenvalue weighted by atomic mass is 10.0. The Labute approximate surface area is 146 Å². The number of imide groups is 1. The number of nitrogens with one attached hydrogen (secondary N) is 2. The van der Waals surface area contributed by atoms with Crippen LogP contribution in [0.2, 0.25) is 0 Å². The topological polar surface area (TPSA) is 81.8 Å². The maximum Gasteiger partial charge on any atom is 0.255 e. The molecule has 0 saturated carbocycles. The molecule has 3 aliphatic heterocycles. The Balaban J connectivity index is 1.55. The van der Waals surface area contributed by atoms with Crippen LogP contribution in [0.4, 0.5) is 5.69 Å². The molecule has 0 bridgehead atoms. The third kappa shape index (κ3) is 3.00. The number of hydrogen-bond donors (Lipinski definition) is 2. The van der Waals surface area contributed by atoms with Gasteiger partial charge in [0.05, 0.1) is 0 Å². The summed E-state index contributed by atoms with van der Waals surface area (Å²) in [6, 6.07) is 5.45. The zero-order valence-corrected chi connectivity index (χ0v) is 14.1. The second-order valence-corrected chi connectivity index (χ2v) is 6.83. The number of amides is 3. The zero-order valence-electron chi connectivity index (χ0n) is 14.1. The molecular weight excluding hydrogens is 320 g/mol. The Morgan fingerprint density at radius 3 is 2.80 bits per heavy atom. The molecule has 2 saturated heterocycles. The van der Waals surface area contributed by atoms with E-state index in [1.54, 1.807) is 4.90 Å². The molecule has 1 aromatic rings. The van der Waals surface area contributed by atoms with Gasteiger partial charge >= 0.3 is 0 Å². The van der Waals surface area contributed by atoms with E-state index in [1.807, 2.05) is 12.1 Å². The first-order valence-corrected chi connectivity index (χ1v) is 8.87. The molecule has 3 amide bonds. The van der Waals surface area contributed by atoms with E-state index in [-0.39, 0.29) is 24.1 Å². The quantitative estimate of drug-likeness (QED) is 0.753. The van der Waals surface area contributed by atoms with E-state index < -0.39 is 6.04 Å². The SMILES string of the molecule is O=C1CCC(N2Cc3ccc(N4CCCNCC4)cc3C2=O)C(=O)N1. The molecule has 2 fully saturated rings. The van der Waals surface area contributed by atoms with Crippen LogP contribution in [-0.4, -0.2) is 54.8 Å². The van der Waals surface area contributed by atoms with E-state index in [4.69, 9.17) is 0 Å². The molecule has 0 aromatic heterocycles. The van der Waals surface area contributed by atoms with Crippen molar-refractivity contribution in [2.24, 2.45) is 0 Å². The largest absolute Gasteiger partial charge is 0.370 e. The first kappa shape index (κ1) is 16.1. The third-order valence-electron chi connectivity index (χ3n) is 5.22. The van der Waals surface area contributed by atoms with Gasteiger partial charge in [0.25, 0.3) is 5.91 Å². The van der Waals surface area contributed by atoms with Crippen LogP contribution in [0.15, 0.2) is 18.2 Å². The fourth-order valence-electron chi connectivity index (χ4n) is 3.84. The molecule has 7 nitrogen and oxygen atoms in total. The summed E-state index contributed by atoms with van der Waals surface area (Å²) in [4.78, 5) is 40.2. The van der Waals surface area contributed by atoms with Gasteiger partial charge in [-0.3, -0.25) is 19.7 Å². The summed E-state index contributed by atoms with van der Waals surface area (Å²) in [6.45, 7) is 4.28. The molecule has 3 heterocycles. The summed E-state index contributed by atoms with van der Waals surface area (Å²) < 4.78 is 0. The van der Waals surface area contributed by atoms with Crippen molar-refractivity contribution in [3.8, 4) is 0 Å². The van der Waals surface area contributed by atoms with Crippen LogP contribution in [-0.2, 0) is 16.1 Å². The lowest BCUT2D eigenvalue weighted by Gasteiger charge is -2.29. The summed E-state index contributed by atoms with van der Waals surface area (Å²) in [5, 5.41) is 5.71. The maximum atomic E-state index is 12.9. The van der Waals surface area contributed by atoms with Crippen LogP contribution < -0.4 is 15.5 Å². The minimum Gasteiger partial charge on any atom is -0.370 e. The lowest BCUT2D eigenvalue weighted by molar-refractivity contribution is -0.136. The predicted molar refractivity (Wildman–Crippen MR) is 92.2 cm³/mol. The molecule has 3 aliphatic rings. The second kappa shape index (κ2) is 6.48. The van der Waals surface area contributed by atoms with E-state index >= 15 is 0 Å². The van der Waals surface area contributed by atoms with Gasteiger partial charge in [0.15, 0.2) is 0 Å². The summed E-state index contributed by atoms with van der Waals surface area (Å²) in [7, 11) is 0. The van der Waals surface area contributed by atoms with Crippen molar-refractivity contribution < 1.29 is 14.4 Å². The van der Waals surface area contributed by atoms with Gasteiger partial charge in [-0.1, -0.05) is 6.07 Å². The highest BCUT2D eigenvalue weighted by molar-refractivity contribution is 6.05. The number of hydrogen-bond acceptors (Lipinski definition) is 5. The van der Waals surface area contributed by atoms with Crippen molar-refractivity contribution in [1.29, 1.82) is 0 Å². The number of anilines is 1. The van der Waals surface area contributed by atoms with Crippen LogP contribution in [0.5, 0.6) is 0 Å². The minimum atomic E-state index is -0.552. The maximum absolute atomic E-state index is 12.9. The van der Waals surface area contributed by atoms with Gasteiger partial charge < -0.3 is 15.1 Å². The van der Waals surface area contributed by atoms with Crippen molar-refractivity contribution in [2.45, 2.75) is 31.8 Å². The number of carbonyl (C=O) groups excluding carboxylic acids is 3. The summed E-state index contributed by atoms with van der Waals surface area (Å²) in [5.41, 5.74) is 2.69. The van der Waals surface area contributed by atoms with Crippen LogP contribution in [0.1, 0.15) is 35.2 Å². The van der Waals surface area contributed by atoms with Crippen molar-refractivity contribution in [3.63, 3.8) is 0 Å². The fourth-order valence-corrected chi connectivity index (χ4v) is 3.84. The molecule has 1 atom stereocenters. The average molecular weight is 342 g/mol. The monoisotopic (exact) mass is 342 g/mol. The van der Waals surface area contributed by atoms with Crippen LogP contribution in [0.25, 0.3) is 0 Å². The van der Waals surface area contributed by atoms with Gasteiger partial charge in [-0.2, -0.15) is 0 Å². The third-order valence-corrected chi connectivity index (χ3v) is 5.22. The predicted octanol–water partition coefficient (Wildman–Crippen LogP) is 0.247. The highest BCUT2D eigenvalue weighted by atomic mass is 16.2. The summed E-state index contributed by atoms with van der Waals surface area (Å²) in [6.07, 6.45) is 1.75. The lowest BCUT2D eigenvalue weighted by Crippen LogP contribution is -2.52. The highest BCUT2D eigenvalue weighted by Crippen LogP contribution is 2.30. The highest BCUT2D eigenvalue weighted by Gasteiger charge is 2.39. The van der Waals surface area contributed by atoms with Crippen molar-refractivity contribution in [3.05, 3.63) is 29.3 Å². The zero-order chi connectivity index (χ0) is 17.4. The van der Waals surface area contributed by atoms with E-state index in [1.165, 1.54) is 0 Å². The standard InChI is InChI=1S/C18H22N4O3/c23-16-5-4-15(17(24)20-16)22-11-12-2-3-13(10-14(12)18(22)25)21-8-1-6-19-7-9-21/h2-3,10,15,19H,1,4-9,11H2,(H,20,23,24). The Morgan fingerprint density at radius 2 is 1.96 bits per heavy atom. The van der Waals surface area contributed by atoms with Gasteiger partial charge in [0, 0.05) is 43.9 Å². The molecule has 1 unspecified atom stereocenters. The van der Waals surface area contributed by atoms with Gasteiger partial charge in [-0.05, 0) is 37.1 Å². The molecule has 25 heavy (non-hydrogen) atoms. The van der Waals surface area contributed by atoms with Gasteiger partial charge in [0.1, 0.15) is 6.04 Å². The molecule has 7 heteroatoms. The molecule has 0 spiro atoms. The van der Waals surface area contributed by atoms with Crippen molar-refractivity contribution >= 4 is 23.4 Å². The molecule has 132 valence electrons. The van der Waals surface area contributed by atoms with Gasteiger partial charge in [-0.25, -0.2) is 0 Å². The number of rotatable bonds is 2. The second-order valence-electron chi connectivity index (χ2n) is 6.83. The average Bonchev–Trinajstić information content (AvgIpc) is 2.79. The summed E-state index contributed by atoms with van der Waals surface area (Å²) >= 11 is 0. The van der Waals surface area contributed by atoms with Crippen LogP contribution >= 0.6 is 0 Å². The number of fused-ring (bicyclic) bond motifs is 1. The first-order chi connectivity index (χ1) is 12.1. The molecule has 0 aliphatic carbocycles. The van der Waals surface area contributed by atoms with E-state index in [0.29, 0.717) is 18.5 Å². The molecule has 1 aromatic carbocycles. The van der Waals surface area contributed by atoms with Crippen molar-refractivity contribution in [2.75, 3.05) is 31.1 Å². The van der Waals surface area contributed by atoms with Crippen LogP contribution in [0, 0.1) is 0 Å². The molecule has 2 N–H and O–H groups in total. The Bertz CT molecular complexity index is 725. The van der Waals surface area contributed by atoms with Crippen molar-refractivity contribution in [1.82, 2.24) is 15.5 Å². The number of piperidine rings is 1. The Morgan fingerprint density at radius 1 is 1.08 bits per heavy atom. The van der Waals surface area contributed by atoms with E-state index in [0.717, 1.165) is 43.9 Å². The minimum absolute atomic E-state index is 0.112. The molecule has 0 radical (unpaired) electrons. The normalized spacial score (nSPS) is 24.2. The fraction of sp³-hybridized carbons (Fsp3) is 0.500. The van der Waals surface area contributed by atoms with E-state index in [2.05, 4.69) is 21.6 Å².